The molecule has 4 saturated carbocycles. The Morgan fingerprint density at radius 3 is 2.92 bits per heavy atom. The molecule has 5 aliphatic carbocycles. The number of rotatable bonds is 3. The zero-order chi connectivity index (χ0) is 18.1. The van der Waals surface area contributed by atoms with Gasteiger partial charge in [-0.25, -0.2) is 0 Å². The van der Waals surface area contributed by atoms with E-state index in [4.69, 9.17) is 4.74 Å². The number of allylic oxidation sites excluding steroid dienone is 1. The lowest BCUT2D eigenvalue weighted by Crippen LogP contribution is -2.51. The third-order valence-corrected chi connectivity index (χ3v) is 9.11. The lowest BCUT2D eigenvalue weighted by molar-refractivity contribution is -0.163. The molecule has 0 unspecified atom stereocenters. The molecule has 0 radical (unpaired) electrons. The van der Waals surface area contributed by atoms with Gasteiger partial charge in [-0.1, -0.05) is 19.4 Å². The fourth-order valence-corrected chi connectivity index (χ4v) is 7.97. The van der Waals surface area contributed by atoms with Crippen LogP contribution in [0.25, 0.3) is 0 Å². The van der Waals surface area contributed by atoms with Gasteiger partial charge in [-0.3, -0.25) is 9.59 Å². The molecule has 142 valence electrons. The number of carbonyl (C=O) groups is 2. The summed E-state index contributed by atoms with van der Waals surface area (Å²) in [5, 5.41) is 0. The third-order valence-electron chi connectivity index (χ3n) is 9.11. The van der Waals surface area contributed by atoms with E-state index in [-0.39, 0.29) is 17.5 Å². The third kappa shape index (κ3) is 2.12. The molecule has 0 saturated heterocycles. The first-order valence-corrected chi connectivity index (χ1v) is 10.9. The Labute approximate surface area is 156 Å². The Morgan fingerprint density at radius 2 is 2.12 bits per heavy atom. The van der Waals surface area contributed by atoms with Crippen LogP contribution in [-0.2, 0) is 14.3 Å². The van der Waals surface area contributed by atoms with Crippen molar-refractivity contribution in [1.29, 1.82) is 0 Å². The summed E-state index contributed by atoms with van der Waals surface area (Å²) in [5.41, 5.74) is 2.08. The Hall–Kier alpha value is -1.12. The number of ether oxygens (including phenoxy) is 1. The highest BCUT2D eigenvalue weighted by molar-refractivity contribution is 5.91. The van der Waals surface area contributed by atoms with Gasteiger partial charge in [-0.15, -0.1) is 0 Å². The average Bonchev–Trinajstić information content (AvgIpc) is 3.27. The van der Waals surface area contributed by atoms with E-state index < -0.39 is 0 Å². The highest BCUT2D eigenvalue weighted by Gasteiger charge is 2.77. The van der Waals surface area contributed by atoms with E-state index in [1.807, 2.05) is 13.0 Å². The van der Waals surface area contributed by atoms with E-state index in [9.17, 15) is 9.59 Å². The topological polar surface area (TPSA) is 43.4 Å². The molecular formula is C23H32O3. The zero-order valence-electron chi connectivity index (χ0n) is 16.3. The first-order valence-electron chi connectivity index (χ1n) is 10.9. The number of hydrogen-bond acceptors (Lipinski definition) is 3. The van der Waals surface area contributed by atoms with Gasteiger partial charge in [0.1, 0.15) is 6.10 Å². The van der Waals surface area contributed by atoms with Crippen LogP contribution in [0.1, 0.15) is 78.1 Å². The summed E-state index contributed by atoms with van der Waals surface area (Å²) < 4.78 is 6.03. The summed E-state index contributed by atoms with van der Waals surface area (Å²) >= 11 is 0. The van der Waals surface area contributed by atoms with Crippen LogP contribution in [0.15, 0.2) is 11.6 Å². The molecule has 0 heterocycles. The molecule has 3 nitrogen and oxygen atoms in total. The van der Waals surface area contributed by atoms with Crippen molar-refractivity contribution in [3.8, 4) is 0 Å². The van der Waals surface area contributed by atoms with E-state index >= 15 is 0 Å². The Balaban J connectivity index is 1.41. The van der Waals surface area contributed by atoms with Crippen molar-refractivity contribution in [3.05, 3.63) is 11.6 Å². The summed E-state index contributed by atoms with van der Waals surface area (Å²) in [6.07, 6.45) is 12.7. The van der Waals surface area contributed by atoms with Gasteiger partial charge in [-0.05, 0) is 86.5 Å². The maximum Gasteiger partial charge on any atom is 0.306 e. The van der Waals surface area contributed by atoms with Crippen molar-refractivity contribution in [2.75, 3.05) is 0 Å². The van der Waals surface area contributed by atoms with Crippen LogP contribution in [0, 0.1) is 34.5 Å². The lowest BCUT2D eigenvalue weighted by Gasteiger charge is -2.55. The molecule has 4 fully saturated rings. The molecule has 0 N–H and O–H groups in total. The maximum atomic E-state index is 12.2. The van der Waals surface area contributed by atoms with Gasteiger partial charge in [0.25, 0.3) is 0 Å². The van der Waals surface area contributed by atoms with Crippen molar-refractivity contribution in [1.82, 2.24) is 0 Å². The van der Waals surface area contributed by atoms with E-state index in [2.05, 4.69) is 6.92 Å². The fraction of sp³-hybridized carbons (Fsp3) is 0.826. The largest absolute Gasteiger partial charge is 0.462 e. The van der Waals surface area contributed by atoms with Gasteiger partial charge >= 0.3 is 5.97 Å². The lowest BCUT2D eigenvalue weighted by atomic mass is 9.49. The molecule has 0 aromatic heterocycles. The van der Waals surface area contributed by atoms with Crippen LogP contribution >= 0.6 is 0 Å². The predicted molar refractivity (Wildman–Crippen MR) is 99.3 cm³/mol. The summed E-state index contributed by atoms with van der Waals surface area (Å²) in [6.45, 7) is 4.49. The van der Waals surface area contributed by atoms with Crippen molar-refractivity contribution >= 4 is 11.8 Å². The van der Waals surface area contributed by atoms with E-state index in [1.54, 1.807) is 0 Å². The summed E-state index contributed by atoms with van der Waals surface area (Å²) in [4.78, 5) is 24.0. The molecule has 5 rings (SSSR count). The zero-order valence-corrected chi connectivity index (χ0v) is 16.3. The monoisotopic (exact) mass is 356 g/mol. The van der Waals surface area contributed by atoms with Gasteiger partial charge in [0.05, 0.1) is 0 Å². The molecule has 0 bridgehead atoms. The molecule has 0 aromatic carbocycles. The minimum absolute atomic E-state index is 0.0111. The molecule has 1 spiro atoms. The summed E-state index contributed by atoms with van der Waals surface area (Å²) in [5.74, 6) is 3.35. The maximum absolute atomic E-state index is 12.2. The van der Waals surface area contributed by atoms with Crippen molar-refractivity contribution in [2.45, 2.75) is 84.2 Å². The van der Waals surface area contributed by atoms with Gasteiger partial charge in [0.2, 0.25) is 0 Å². The normalized spacial score (nSPS) is 48.6. The van der Waals surface area contributed by atoms with Crippen LogP contribution in [0.2, 0.25) is 0 Å². The first kappa shape index (κ1) is 17.0. The second-order valence-electron chi connectivity index (χ2n) is 10.0. The number of fused-ring (bicyclic) bond motifs is 3. The fourth-order valence-electron chi connectivity index (χ4n) is 7.97. The van der Waals surface area contributed by atoms with Gasteiger partial charge in [-0.2, -0.15) is 0 Å². The first-order chi connectivity index (χ1) is 12.5. The molecule has 5 aliphatic rings. The van der Waals surface area contributed by atoms with E-state index in [1.165, 1.54) is 31.3 Å². The molecule has 7 atom stereocenters. The minimum atomic E-state index is 0.0111. The quantitative estimate of drug-likeness (QED) is 0.680. The van der Waals surface area contributed by atoms with Crippen molar-refractivity contribution in [2.24, 2.45) is 34.5 Å². The van der Waals surface area contributed by atoms with Gasteiger partial charge < -0.3 is 4.74 Å². The number of ketones is 1. The Bertz CT molecular complexity index is 679. The number of hydrogen-bond donors (Lipinski definition) is 0. The highest BCUT2D eigenvalue weighted by atomic mass is 16.5. The SMILES string of the molecule is CCCC(=O)O[C@H]1C[C@@H]2C[C@@]23[C@@H]2CCC4=CC(=O)CC[C@@H]4[C@H]2CC[C@]13C. The van der Waals surface area contributed by atoms with Gasteiger partial charge in [0.15, 0.2) is 5.78 Å². The molecule has 0 aliphatic heterocycles. The van der Waals surface area contributed by atoms with Crippen LogP contribution in [0.4, 0.5) is 0 Å². The Morgan fingerprint density at radius 1 is 1.27 bits per heavy atom. The Kier molecular flexibility index (Phi) is 3.72. The molecule has 0 aromatic rings. The van der Waals surface area contributed by atoms with Crippen LogP contribution in [-0.4, -0.2) is 17.9 Å². The van der Waals surface area contributed by atoms with E-state index in [0.29, 0.717) is 23.5 Å². The standard InChI is InChI=1S/C23H32O3/c1-3-4-21(25)26-20-12-15-13-23(15)19-8-5-14-11-16(24)6-7-17(14)18(19)9-10-22(20,23)2/h11,15,17-20H,3-10,12-13H2,1-2H3/t15-,17+,18-,19-,20+,22-,23+/m1/s1. The minimum Gasteiger partial charge on any atom is -0.462 e. The second kappa shape index (κ2) is 5.69. The van der Waals surface area contributed by atoms with Crippen LogP contribution in [0.3, 0.4) is 0 Å². The second-order valence-corrected chi connectivity index (χ2v) is 10.0. The molecule has 0 amide bonds. The molecular weight excluding hydrogens is 324 g/mol. The van der Waals surface area contributed by atoms with Crippen LogP contribution < -0.4 is 0 Å². The number of esters is 1. The van der Waals surface area contributed by atoms with Crippen molar-refractivity contribution in [3.63, 3.8) is 0 Å². The van der Waals surface area contributed by atoms with Gasteiger partial charge in [0, 0.05) is 18.3 Å². The smallest absolute Gasteiger partial charge is 0.306 e. The van der Waals surface area contributed by atoms with Crippen LogP contribution in [0.5, 0.6) is 0 Å². The predicted octanol–water partition coefficient (Wildman–Crippen LogP) is 4.84. The van der Waals surface area contributed by atoms with Crippen molar-refractivity contribution < 1.29 is 14.3 Å². The summed E-state index contributed by atoms with van der Waals surface area (Å²) in [6, 6.07) is 0. The van der Waals surface area contributed by atoms with E-state index in [0.717, 1.165) is 49.9 Å². The summed E-state index contributed by atoms with van der Waals surface area (Å²) in [7, 11) is 0. The highest BCUT2D eigenvalue weighted by Crippen LogP contribution is 2.82. The molecule has 3 heteroatoms. The number of carbonyl (C=O) groups excluding carboxylic acids is 2. The molecule has 26 heavy (non-hydrogen) atoms. The average molecular weight is 357 g/mol.